The van der Waals surface area contributed by atoms with Crippen LogP contribution < -0.4 is 5.73 Å². The van der Waals surface area contributed by atoms with E-state index >= 15 is 0 Å². The summed E-state index contributed by atoms with van der Waals surface area (Å²) in [6.07, 6.45) is 0. The minimum atomic E-state index is -3.55. The number of aromatic amines is 1. The molecule has 0 aliphatic carbocycles. The van der Waals surface area contributed by atoms with Gasteiger partial charge >= 0.3 is 0 Å². The first kappa shape index (κ1) is 19.0. The first-order valence-corrected chi connectivity index (χ1v) is 11.9. The number of benzene rings is 1. The van der Waals surface area contributed by atoms with E-state index in [0.717, 1.165) is 29.3 Å². The van der Waals surface area contributed by atoms with Gasteiger partial charge < -0.3 is 10.7 Å². The van der Waals surface area contributed by atoms with Gasteiger partial charge in [-0.1, -0.05) is 23.7 Å². The van der Waals surface area contributed by atoms with E-state index in [0.29, 0.717) is 9.90 Å². The fourth-order valence-electron chi connectivity index (χ4n) is 3.19. The highest BCUT2D eigenvalue weighted by atomic mass is 127. The summed E-state index contributed by atoms with van der Waals surface area (Å²) in [5.41, 5.74) is 6.83. The zero-order chi connectivity index (χ0) is 19.6. The molecular formula is C17H16ClIN4O2S2. The van der Waals surface area contributed by atoms with Gasteiger partial charge in [0.2, 0.25) is 16.0 Å². The summed E-state index contributed by atoms with van der Waals surface area (Å²) in [5.74, 6) is -0.212. The van der Waals surface area contributed by atoms with Crippen molar-refractivity contribution < 1.29 is 8.42 Å². The quantitative estimate of drug-likeness (QED) is 0.488. The third-order valence-electron chi connectivity index (χ3n) is 4.61. The molecule has 1 aromatic carbocycles. The second kappa shape index (κ2) is 6.36. The van der Waals surface area contributed by atoms with Crippen LogP contribution in [-0.4, -0.2) is 36.5 Å². The molecule has 0 unspecified atom stereocenters. The highest BCUT2D eigenvalue weighted by Gasteiger charge is 2.42. The molecule has 0 saturated carbocycles. The number of nitrogens with two attached hydrogens (primary N) is 1. The second-order valence-electron chi connectivity index (χ2n) is 6.64. The molecule has 6 nitrogen and oxygen atoms in total. The molecule has 0 amide bonds. The van der Waals surface area contributed by atoms with Gasteiger partial charge in [-0.3, -0.25) is 0 Å². The van der Waals surface area contributed by atoms with E-state index in [9.17, 15) is 8.42 Å². The number of aliphatic imine (C=N–C) groups is 1. The van der Waals surface area contributed by atoms with Crippen molar-refractivity contribution in [3.8, 4) is 10.6 Å². The average molecular weight is 535 g/mol. The number of hydrogen-bond acceptors (Lipinski definition) is 5. The van der Waals surface area contributed by atoms with E-state index in [-0.39, 0.29) is 11.7 Å². The van der Waals surface area contributed by atoms with Crippen LogP contribution in [0.3, 0.4) is 0 Å². The molecule has 142 valence electrons. The number of fused-ring (bicyclic) bond motifs is 1. The lowest BCUT2D eigenvalue weighted by molar-refractivity contribution is 0.482. The molecule has 27 heavy (non-hydrogen) atoms. The van der Waals surface area contributed by atoms with Gasteiger partial charge in [0.05, 0.1) is 31.7 Å². The third kappa shape index (κ3) is 3.14. The molecule has 3 aromatic rings. The summed E-state index contributed by atoms with van der Waals surface area (Å²) in [6.45, 7) is 1.75. The lowest BCUT2D eigenvalue weighted by atomic mass is 10.0. The van der Waals surface area contributed by atoms with Gasteiger partial charge in [0.1, 0.15) is 5.54 Å². The number of guanidine groups is 1. The smallest absolute Gasteiger partial charge is 0.239 e. The number of sulfonamides is 1. The Kier molecular flexibility index (Phi) is 4.48. The zero-order valence-electron chi connectivity index (χ0n) is 14.5. The molecule has 2 aromatic heterocycles. The monoisotopic (exact) mass is 534 g/mol. The maximum atomic E-state index is 12.4. The van der Waals surface area contributed by atoms with Gasteiger partial charge in [-0.15, -0.1) is 11.3 Å². The Balaban J connectivity index is 1.83. The first-order chi connectivity index (χ1) is 12.6. The molecule has 0 saturated heterocycles. The average Bonchev–Trinajstić information content (AvgIpc) is 3.17. The van der Waals surface area contributed by atoms with Gasteiger partial charge in [0.15, 0.2) is 0 Å². The summed E-state index contributed by atoms with van der Waals surface area (Å²) in [5, 5.41) is 1.60. The molecule has 1 atom stereocenters. The number of hydrogen-bond donors (Lipinski definition) is 2. The Labute approximate surface area is 179 Å². The van der Waals surface area contributed by atoms with E-state index in [4.69, 9.17) is 17.3 Å². The lowest BCUT2D eigenvalue weighted by Crippen LogP contribution is -2.50. The van der Waals surface area contributed by atoms with Crippen molar-refractivity contribution in [3.05, 3.63) is 43.8 Å². The Morgan fingerprint density at radius 3 is 2.81 bits per heavy atom. The summed E-state index contributed by atoms with van der Waals surface area (Å²) in [4.78, 5) is 9.48. The van der Waals surface area contributed by atoms with Crippen LogP contribution in [0, 0.1) is 3.57 Å². The molecule has 0 spiro atoms. The van der Waals surface area contributed by atoms with E-state index in [1.165, 1.54) is 18.4 Å². The largest absolute Gasteiger partial charge is 0.369 e. The number of rotatable bonds is 2. The van der Waals surface area contributed by atoms with Gasteiger partial charge in [-0.25, -0.2) is 17.7 Å². The minimum Gasteiger partial charge on any atom is -0.369 e. The van der Waals surface area contributed by atoms with Crippen molar-refractivity contribution in [3.63, 3.8) is 0 Å². The molecule has 0 radical (unpaired) electrons. The van der Waals surface area contributed by atoms with E-state index < -0.39 is 15.6 Å². The van der Waals surface area contributed by atoms with Crippen LogP contribution in [0.4, 0.5) is 0 Å². The Bertz CT molecular complexity index is 1200. The van der Waals surface area contributed by atoms with E-state index in [1.807, 2.05) is 24.3 Å². The van der Waals surface area contributed by atoms with Crippen molar-refractivity contribution in [2.24, 2.45) is 10.7 Å². The Hall–Kier alpha value is -1.30. The fourth-order valence-corrected chi connectivity index (χ4v) is 6.97. The summed E-state index contributed by atoms with van der Waals surface area (Å²) in [6, 6.07) is 10.0. The molecule has 3 N–H and O–H groups in total. The number of para-hydroxylation sites is 1. The maximum Gasteiger partial charge on any atom is 0.239 e. The SMILES string of the molecule is CN1C(N)=N[C@](C)(c2sc(-c3cc4cccc(I)c4[nH]3)cc2Cl)CS1(=O)=O. The summed E-state index contributed by atoms with van der Waals surface area (Å²) >= 11 is 10.2. The molecule has 1 aliphatic rings. The van der Waals surface area contributed by atoms with Crippen LogP contribution in [0.1, 0.15) is 11.8 Å². The molecule has 10 heteroatoms. The lowest BCUT2D eigenvalue weighted by Gasteiger charge is -2.33. The fraction of sp³-hybridized carbons (Fsp3) is 0.235. The third-order valence-corrected chi connectivity index (χ3v) is 9.29. The normalized spacial score (nSPS) is 22.2. The Morgan fingerprint density at radius 2 is 2.15 bits per heavy atom. The molecule has 3 heterocycles. The van der Waals surface area contributed by atoms with Crippen molar-refractivity contribution in [1.29, 1.82) is 0 Å². The predicted octanol–water partition coefficient (Wildman–Crippen LogP) is 3.96. The van der Waals surface area contributed by atoms with Gasteiger partial charge in [0.25, 0.3) is 0 Å². The van der Waals surface area contributed by atoms with Crippen LogP contribution in [0.5, 0.6) is 0 Å². The van der Waals surface area contributed by atoms with Crippen LogP contribution in [0.15, 0.2) is 35.3 Å². The van der Waals surface area contributed by atoms with Crippen molar-refractivity contribution >= 4 is 72.4 Å². The molecule has 0 fully saturated rings. The minimum absolute atomic E-state index is 0.0325. The number of nitrogens with one attached hydrogen (secondary N) is 1. The standard InChI is InChI=1S/C17H16ClIN4O2S2/c1-17(8-27(24,25)23(2)16(20)22-17)15-10(18)7-13(26-15)12-6-9-4-3-5-11(19)14(9)21-12/h3-7,21H,8H2,1-2H3,(H2,20,22)/t17-/m0/s1. The van der Waals surface area contributed by atoms with Crippen molar-refractivity contribution in [2.45, 2.75) is 12.5 Å². The van der Waals surface area contributed by atoms with Crippen molar-refractivity contribution in [1.82, 2.24) is 9.29 Å². The number of halogens is 2. The summed E-state index contributed by atoms with van der Waals surface area (Å²) < 4.78 is 27.0. The van der Waals surface area contributed by atoms with Gasteiger partial charge in [-0.05, 0) is 47.7 Å². The van der Waals surface area contributed by atoms with Crippen LogP contribution in [-0.2, 0) is 15.6 Å². The highest BCUT2D eigenvalue weighted by Crippen LogP contribution is 2.44. The van der Waals surface area contributed by atoms with Gasteiger partial charge in [-0.2, -0.15) is 0 Å². The molecule has 4 rings (SSSR count). The predicted molar refractivity (Wildman–Crippen MR) is 120 cm³/mol. The van der Waals surface area contributed by atoms with E-state index in [1.54, 1.807) is 6.92 Å². The number of nitrogens with zero attached hydrogens (tertiary/aromatic N) is 2. The number of H-pyrrole nitrogens is 1. The number of aromatic nitrogens is 1. The maximum absolute atomic E-state index is 12.4. The highest BCUT2D eigenvalue weighted by molar-refractivity contribution is 14.1. The molecular weight excluding hydrogens is 519 g/mol. The van der Waals surface area contributed by atoms with Crippen LogP contribution in [0.25, 0.3) is 21.5 Å². The topological polar surface area (TPSA) is 91.5 Å². The van der Waals surface area contributed by atoms with Crippen LogP contribution >= 0.6 is 45.5 Å². The Morgan fingerprint density at radius 1 is 1.41 bits per heavy atom. The van der Waals surface area contributed by atoms with Crippen molar-refractivity contribution in [2.75, 3.05) is 12.8 Å². The van der Waals surface area contributed by atoms with E-state index in [2.05, 4.69) is 38.6 Å². The zero-order valence-corrected chi connectivity index (χ0v) is 19.0. The first-order valence-electron chi connectivity index (χ1n) is 8.00. The van der Waals surface area contributed by atoms with Crippen LogP contribution in [0.2, 0.25) is 5.02 Å². The summed E-state index contributed by atoms with van der Waals surface area (Å²) in [7, 11) is -2.14. The van der Waals surface area contributed by atoms with Gasteiger partial charge in [0, 0.05) is 16.0 Å². The number of thiophene rings is 1. The molecule has 1 aliphatic heterocycles. The molecule has 0 bridgehead atoms. The second-order valence-corrected chi connectivity index (χ2v) is 11.3.